The highest BCUT2D eigenvalue weighted by Crippen LogP contribution is 2.29. The van der Waals surface area contributed by atoms with Crippen LogP contribution in [0, 0.1) is 30.6 Å². The smallest absolute Gasteiger partial charge is 0.0249 e. The van der Waals surface area contributed by atoms with E-state index in [4.69, 9.17) is 0 Å². The molecular formula is C24H26. The summed E-state index contributed by atoms with van der Waals surface area (Å²) >= 11 is 0. The van der Waals surface area contributed by atoms with Crippen LogP contribution in [0.15, 0.2) is 54.6 Å². The molecule has 0 bridgehead atoms. The second-order valence-electron chi connectivity index (χ2n) is 7.12. The van der Waals surface area contributed by atoms with E-state index in [1.165, 1.54) is 36.8 Å². The zero-order valence-corrected chi connectivity index (χ0v) is 14.8. The van der Waals surface area contributed by atoms with E-state index < -0.39 is 0 Å². The molecule has 0 amide bonds. The molecular weight excluding hydrogens is 288 g/mol. The second-order valence-corrected chi connectivity index (χ2v) is 7.12. The minimum absolute atomic E-state index is 0.766. The average Bonchev–Trinajstić information content (AvgIpc) is 2.62. The van der Waals surface area contributed by atoms with Crippen molar-refractivity contribution >= 4 is 6.08 Å². The summed E-state index contributed by atoms with van der Waals surface area (Å²) in [7, 11) is 0. The fourth-order valence-electron chi connectivity index (χ4n) is 3.18. The lowest BCUT2D eigenvalue weighted by Gasteiger charge is -2.23. The molecule has 0 heteroatoms. The van der Waals surface area contributed by atoms with Gasteiger partial charge in [-0.25, -0.2) is 0 Å². The Balaban J connectivity index is 1.60. The van der Waals surface area contributed by atoms with Crippen molar-refractivity contribution in [3.8, 4) is 11.8 Å². The van der Waals surface area contributed by atoms with Crippen LogP contribution in [0.1, 0.15) is 54.9 Å². The normalized spacial score (nSPS) is 20.6. The van der Waals surface area contributed by atoms with Crippen molar-refractivity contribution in [3.63, 3.8) is 0 Å². The van der Waals surface area contributed by atoms with Gasteiger partial charge >= 0.3 is 0 Å². The standard InChI is InChI=1S/C24H26/c1-19-3-7-21(8-4-19)11-13-23-15-17-24(18-16-23)14-12-22-9-5-20(2)6-10-22/h3-4,7-8,12,14-18,20,22H,5-6,9-10H2,1-2H3. The second kappa shape index (κ2) is 8.02. The van der Waals surface area contributed by atoms with E-state index in [1.54, 1.807) is 0 Å². The van der Waals surface area contributed by atoms with Crippen molar-refractivity contribution in [2.45, 2.75) is 39.5 Å². The van der Waals surface area contributed by atoms with Gasteiger partial charge in [0.05, 0.1) is 0 Å². The summed E-state index contributed by atoms with van der Waals surface area (Å²) in [4.78, 5) is 0. The summed E-state index contributed by atoms with van der Waals surface area (Å²) in [6.45, 7) is 4.47. The van der Waals surface area contributed by atoms with Crippen LogP contribution in [0.5, 0.6) is 0 Å². The van der Waals surface area contributed by atoms with Crippen LogP contribution < -0.4 is 0 Å². The lowest BCUT2D eigenvalue weighted by Crippen LogP contribution is -2.09. The molecule has 0 aliphatic heterocycles. The van der Waals surface area contributed by atoms with Crippen molar-refractivity contribution in [3.05, 3.63) is 76.9 Å². The zero-order chi connectivity index (χ0) is 16.8. The number of hydrogen-bond acceptors (Lipinski definition) is 0. The van der Waals surface area contributed by atoms with Gasteiger partial charge in [-0.3, -0.25) is 0 Å². The maximum Gasteiger partial charge on any atom is 0.0249 e. The molecule has 2 aromatic carbocycles. The molecule has 0 atom stereocenters. The van der Waals surface area contributed by atoms with Crippen LogP contribution in [-0.4, -0.2) is 0 Å². The van der Waals surface area contributed by atoms with E-state index in [0.29, 0.717) is 0 Å². The fourth-order valence-corrected chi connectivity index (χ4v) is 3.18. The first-order chi connectivity index (χ1) is 11.7. The van der Waals surface area contributed by atoms with Gasteiger partial charge in [-0.1, -0.05) is 73.6 Å². The van der Waals surface area contributed by atoms with E-state index in [9.17, 15) is 0 Å². The molecule has 2 aromatic rings. The van der Waals surface area contributed by atoms with Gasteiger partial charge in [0.15, 0.2) is 0 Å². The number of allylic oxidation sites excluding steroid dienone is 1. The summed E-state index contributed by atoms with van der Waals surface area (Å²) in [6, 6.07) is 16.9. The van der Waals surface area contributed by atoms with E-state index in [0.717, 1.165) is 23.0 Å². The highest BCUT2D eigenvalue weighted by Gasteiger charge is 2.15. The molecule has 0 radical (unpaired) electrons. The summed E-state index contributed by atoms with van der Waals surface area (Å²) in [5, 5.41) is 0. The van der Waals surface area contributed by atoms with Crippen LogP contribution in [0.25, 0.3) is 6.08 Å². The van der Waals surface area contributed by atoms with Gasteiger partial charge in [-0.15, -0.1) is 0 Å². The Morgan fingerprint density at radius 2 is 1.33 bits per heavy atom. The van der Waals surface area contributed by atoms with Crippen LogP contribution in [0.3, 0.4) is 0 Å². The molecule has 0 N–H and O–H groups in total. The molecule has 0 heterocycles. The largest absolute Gasteiger partial charge is 0.0808 e. The summed E-state index contributed by atoms with van der Waals surface area (Å²) in [5.41, 5.74) is 4.67. The lowest BCUT2D eigenvalue weighted by atomic mass is 9.83. The Hall–Kier alpha value is -2.26. The van der Waals surface area contributed by atoms with E-state index in [1.807, 2.05) is 0 Å². The molecule has 1 fully saturated rings. The number of benzene rings is 2. The van der Waals surface area contributed by atoms with Crippen LogP contribution >= 0.6 is 0 Å². The maximum atomic E-state index is 3.24. The third-order valence-corrected chi connectivity index (χ3v) is 4.93. The fraction of sp³-hybridized carbons (Fsp3) is 0.333. The average molecular weight is 314 g/mol. The Labute approximate surface area is 146 Å². The highest BCUT2D eigenvalue weighted by atomic mass is 14.2. The number of hydrogen-bond donors (Lipinski definition) is 0. The molecule has 0 spiro atoms. The Kier molecular flexibility index (Phi) is 5.55. The van der Waals surface area contributed by atoms with Gasteiger partial charge in [-0.05, 0) is 61.4 Å². The first kappa shape index (κ1) is 16.6. The van der Waals surface area contributed by atoms with Crippen molar-refractivity contribution < 1.29 is 0 Å². The molecule has 122 valence electrons. The molecule has 1 saturated carbocycles. The molecule has 1 aliphatic carbocycles. The van der Waals surface area contributed by atoms with Crippen molar-refractivity contribution in [1.29, 1.82) is 0 Å². The maximum absolute atomic E-state index is 3.24. The molecule has 3 rings (SSSR count). The van der Waals surface area contributed by atoms with E-state index >= 15 is 0 Å². The summed E-state index contributed by atoms with van der Waals surface area (Å²) < 4.78 is 0. The van der Waals surface area contributed by atoms with Gasteiger partial charge in [0.1, 0.15) is 0 Å². The van der Waals surface area contributed by atoms with Crippen LogP contribution in [0.2, 0.25) is 0 Å². The first-order valence-electron chi connectivity index (χ1n) is 9.06. The Morgan fingerprint density at radius 1 is 0.792 bits per heavy atom. The van der Waals surface area contributed by atoms with Crippen LogP contribution in [0.4, 0.5) is 0 Å². The van der Waals surface area contributed by atoms with Crippen molar-refractivity contribution in [1.82, 2.24) is 0 Å². The SMILES string of the molecule is Cc1ccc(C#Cc2ccc(C=CC3CCC(C)CC3)cc2)cc1. The van der Waals surface area contributed by atoms with Gasteiger partial charge in [0, 0.05) is 11.1 Å². The van der Waals surface area contributed by atoms with E-state index in [2.05, 4.69) is 86.4 Å². The Morgan fingerprint density at radius 3 is 1.92 bits per heavy atom. The van der Waals surface area contributed by atoms with Crippen molar-refractivity contribution in [2.75, 3.05) is 0 Å². The third kappa shape index (κ3) is 4.87. The van der Waals surface area contributed by atoms with Gasteiger partial charge in [0.2, 0.25) is 0 Å². The minimum atomic E-state index is 0.766. The zero-order valence-electron chi connectivity index (χ0n) is 14.8. The summed E-state index contributed by atoms with van der Waals surface area (Å²) in [5.74, 6) is 8.15. The molecule has 0 aromatic heterocycles. The molecule has 0 unspecified atom stereocenters. The highest BCUT2D eigenvalue weighted by molar-refractivity contribution is 5.52. The molecule has 24 heavy (non-hydrogen) atoms. The topological polar surface area (TPSA) is 0 Å². The monoisotopic (exact) mass is 314 g/mol. The first-order valence-corrected chi connectivity index (χ1v) is 9.06. The predicted octanol–water partition coefficient (Wildman–Crippen LogP) is 6.23. The van der Waals surface area contributed by atoms with Crippen molar-refractivity contribution in [2.24, 2.45) is 11.8 Å². The van der Waals surface area contributed by atoms with Gasteiger partial charge in [0.25, 0.3) is 0 Å². The quantitative estimate of drug-likeness (QED) is 0.576. The van der Waals surface area contributed by atoms with Gasteiger partial charge < -0.3 is 0 Å². The predicted molar refractivity (Wildman–Crippen MR) is 104 cm³/mol. The number of aryl methyl sites for hydroxylation is 1. The third-order valence-electron chi connectivity index (χ3n) is 4.93. The summed E-state index contributed by atoms with van der Waals surface area (Å²) in [6.07, 6.45) is 10.1. The minimum Gasteiger partial charge on any atom is -0.0808 e. The van der Waals surface area contributed by atoms with Gasteiger partial charge in [-0.2, -0.15) is 0 Å². The molecule has 0 nitrogen and oxygen atoms in total. The molecule has 0 saturated heterocycles. The van der Waals surface area contributed by atoms with E-state index in [-0.39, 0.29) is 0 Å². The Bertz CT molecular complexity index is 727. The van der Waals surface area contributed by atoms with Crippen LogP contribution in [-0.2, 0) is 0 Å². The lowest BCUT2D eigenvalue weighted by molar-refractivity contribution is 0.331. The molecule has 1 aliphatic rings. The number of rotatable bonds is 2.